The van der Waals surface area contributed by atoms with Gasteiger partial charge in [0.2, 0.25) is 11.7 Å². The Balaban J connectivity index is 1.92. The van der Waals surface area contributed by atoms with Crippen molar-refractivity contribution >= 4 is 44.6 Å². The summed E-state index contributed by atoms with van der Waals surface area (Å²) < 4.78 is 4.49. The van der Waals surface area contributed by atoms with Crippen LogP contribution in [-0.4, -0.2) is 30.7 Å². The van der Waals surface area contributed by atoms with Crippen molar-refractivity contribution < 1.29 is 4.79 Å². The molecule has 0 radical (unpaired) electrons. The van der Waals surface area contributed by atoms with Gasteiger partial charge in [0.1, 0.15) is 11.2 Å². The van der Waals surface area contributed by atoms with E-state index in [1.165, 1.54) is 31.6 Å². The summed E-state index contributed by atoms with van der Waals surface area (Å²) >= 11 is 2.82. The molecule has 0 saturated heterocycles. The largest absolute Gasteiger partial charge is 0.352 e. The monoisotopic (exact) mass is 403 g/mol. The number of fused-ring (bicyclic) bond motifs is 3. The molecule has 0 aliphatic rings. The fourth-order valence-electron chi connectivity index (χ4n) is 2.94. The first-order chi connectivity index (χ1) is 13.0. The van der Waals surface area contributed by atoms with Crippen LogP contribution in [0.1, 0.15) is 18.7 Å². The lowest BCUT2D eigenvalue weighted by molar-refractivity contribution is -0.122. The van der Waals surface area contributed by atoms with Crippen LogP contribution in [0.25, 0.3) is 16.0 Å². The first kappa shape index (κ1) is 17.7. The molecule has 0 aliphatic carbocycles. The van der Waals surface area contributed by atoms with Gasteiger partial charge in [-0.2, -0.15) is 0 Å². The lowest BCUT2D eigenvalue weighted by Crippen LogP contribution is -2.36. The van der Waals surface area contributed by atoms with Crippen LogP contribution in [0.2, 0.25) is 0 Å². The van der Waals surface area contributed by atoms with E-state index >= 15 is 0 Å². The minimum atomic E-state index is -0.438. The number of hydrogen-bond donors (Lipinski definition) is 1. The molecule has 1 N–H and O–H groups in total. The standard InChI is InChI=1S/C17H17N5O3S2/c1-10(2)18-13(23)9-21-17(25)22-12-5-7-27-14(12)15(24)20(16(22)19-21)8-11-4-3-6-26-11/h3-7,10H,8-9H2,1-2H3,(H,18,23). The molecule has 0 spiro atoms. The van der Waals surface area contributed by atoms with E-state index in [2.05, 4.69) is 10.4 Å². The average Bonchev–Trinajstić information content (AvgIpc) is 3.32. The molecule has 0 aromatic carbocycles. The second-order valence-corrected chi connectivity index (χ2v) is 8.35. The number of carbonyl (C=O) groups excluding carboxylic acids is 1. The van der Waals surface area contributed by atoms with E-state index in [1.54, 1.807) is 11.4 Å². The van der Waals surface area contributed by atoms with Gasteiger partial charge in [-0.25, -0.2) is 13.9 Å². The summed E-state index contributed by atoms with van der Waals surface area (Å²) in [6, 6.07) is 5.53. The quantitative estimate of drug-likeness (QED) is 0.547. The highest BCUT2D eigenvalue weighted by Crippen LogP contribution is 2.18. The number of aromatic nitrogens is 4. The zero-order valence-corrected chi connectivity index (χ0v) is 16.3. The van der Waals surface area contributed by atoms with Gasteiger partial charge < -0.3 is 5.32 Å². The van der Waals surface area contributed by atoms with E-state index in [0.717, 1.165) is 9.56 Å². The lowest BCUT2D eigenvalue weighted by atomic mass is 10.4. The van der Waals surface area contributed by atoms with Crippen molar-refractivity contribution in [1.82, 2.24) is 24.1 Å². The van der Waals surface area contributed by atoms with Gasteiger partial charge >= 0.3 is 5.69 Å². The molecular formula is C17H17N5O3S2. The lowest BCUT2D eigenvalue weighted by Gasteiger charge is -2.07. The van der Waals surface area contributed by atoms with Crippen molar-refractivity contribution in [2.24, 2.45) is 0 Å². The number of rotatable bonds is 5. The third-order valence-corrected chi connectivity index (χ3v) is 5.78. The summed E-state index contributed by atoms with van der Waals surface area (Å²) in [6.07, 6.45) is 0. The van der Waals surface area contributed by atoms with Crippen molar-refractivity contribution in [1.29, 1.82) is 0 Å². The molecule has 10 heteroatoms. The SMILES string of the molecule is CC(C)NC(=O)Cn1nc2n(Cc3cccs3)c(=O)c3sccc3n2c1=O. The Kier molecular flexibility index (Phi) is 4.44. The van der Waals surface area contributed by atoms with E-state index < -0.39 is 5.69 Å². The van der Waals surface area contributed by atoms with Crippen molar-refractivity contribution in [3.63, 3.8) is 0 Å². The van der Waals surface area contributed by atoms with Gasteiger partial charge in [-0.1, -0.05) is 6.07 Å². The third-order valence-electron chi connectivity index (χ3n) is 4.03. The number of hydrogen-bond acceptors (Lipinski definition) is 6. The number of thiophene rings is 2. The highest BCUT2D eigenvalue weighted by Gasteiger charge is 2.19. The summed E-state index contributed by atoms with van der Waals surface area (Å²) in [6.45, 7) is 3.82. The maximum absolute atomic E-state index is 13.0. The zero-order chi connectivity index (χ0) is 19.1. The predicted molar refractivity (Wildman–Crippen MR) is 106 cm³/mol. The first-order valence-corrected chi connectivity index (χ1v) is 10.1. The molecule has 0 saturated carbocycles. The summed E-state index contributed by atoms with van der Waals surface area (Å²) in [5, 5.41) is 10.8. The van der Waals surface area contributed by atoms with Gasteiger partial charge in [-0.3, -0.25) is 14.2 Å². The van der Waals surface area contributed by atoms with Crippen LogP contribution in [-0.2, 0) is 17.9 Å². The van der Waals surface area contributed by atoms with E-state index in [-0.39, 0.29) is 29.8 Å². The zero-order valence-electron chi connectivity index (χ0n) is 14.7. The first-order valence-electron chi connectivity index (χ1n) is 8.37. The molecule has 4 rings (SSSR count). The smallest absolute Gasteiger partial charge is 0.352 e. The highest BCUT2D eigenvalue weighted by atomic mass is 32.1. The van der Waals surface area contributed by atoms with Crippen molar-refractivity contribution in [3.05, 3.63) is 54.7 Å². The summed E-state index contributed by atoms with van der Waals surface area (Å²) in [7, 11) is 0. The number of nitrogens with one attached hydrogen (secondary N) is 1. The van der Waals surface area contributed by atoms with Gasteiger partial charge in [-0.05, 0) is 36.7 Å². The van der Waals surface area contributed by atoms with E-state index in [1.807, 2.05) is 31.4 Å². The van der Waals surface area contributed by atoms with Gasteiger partial charge in [0, 0.05) is 10.9 Å². The molecule has 0 aliphatic heterocycles. The van der Waals surface area contributed by atoms with Gasteiger partial charge in [0.15, 0.2) is 0 Å². The Hall–Kier alpha value is -2.72. The Labute approximate surface area is 161 Å². The molecule has 0 unspecified atom stereocenters. The molecule has 8 nitrogen and oxygen atoms in total. The van der Waals surface area contributed by atoms with Crippen LogP contribution in [0.5, 0.6) is 0 Å². The second kappa shape index (κ2) is 6.78. The summed E-state index contributed by atoms with van der Waals surface area (Å²) in [5.74, 6) is -0.0640. The minimum Gasteiger partial charge on any atom is -0.352 e. The van der Waals surface area contributed by atoms with E-state index in [4.69, 9.17) is 0 Å². The van der Waals surface area contributed by atoms with Crippen LogP contribution in [0.4, 0.5) is 0 Å². The van der Waals surface area contributed by atoms with Crippen molar-refractivity contribution in [2.75, 3.05) is 0 Å². The number of carbonyl (C=O) groups is 1. The van der Waals surface area contributed by atoms with Crippen molar-refractivity contribution in [2.45, 2.75) is 33.0 Å². The number of amides is 1. The topological polar surface area (TPSA) is 90.4 Å². The molecule has 1 amide bonds. The summed E-state index contributed by atoms with van der Waals surface area (Å²) in [5.41, 5.74) is -0.111. The molecule has 27 heavy (non-hydrogen) atoms. The van der Waals surface area contributed by atoms with Crippen molar-refractivity contribution in [3.8, 4) is 0 Å². The molecule has 4 heterocycles. The maximum Gasteiger partial charge on any atom is 0.352 e. The second-order valence-electron chi connectivity index (χ2n) is 6.40. The highest BCUT2D eigenvalue weighted by molar-refractivity contribution is 7.17. The molecule has 4 aromatic heterocycles. The molecule has 140 valence electrons. The van der Waals surface area contributed by atoms with Gasteiger partial charge in [-0.15, -0.1) is 27.8 Å². The Morgan fingerprint density at radius 1 is 1.22 bits per heavy atom. The normalized spacial score (nSPS) is 11.7. The summed E-state index contributed by atoms with van der Waals surface area (Å²) in [4.78, 5) is 38.9. The maximum atomic E-state index is 13.0. The molecule has 0 fully saturated rings. The predicted octanol–water partition coefficient (Wildman–Crippen LogP) is 1.51. The van der Waals surface area contributed by atoms with Crippen LogP contribution >= 0.6 is 22.7 Å². The Morgan fingerprint density at radius 2 is 2.04 bits per heavy atom. The Morgan fingerprint density at radius 3 is 2.74 bits per heavy atom. The average molecular weight is 403 g/mol. The van der Waals surface area contributed by atoms with Gasteiger partial charge in [0.05, 0.1) is 12.1 Å². The molecule has 4 aromatic rings. The van der Waals surface area contributed by atoms with Crippen LogP contribution in [0.3, 0.4) is 0 Å². The van der Waals surface area contributed by atoms with E-state index in [0.29, 0.717) is 16.8 Å². The van der Waals surface area contributed by atoms with Gasteiger partial charge in [0.25, 0.3) is 5.56 Å². The van der Waals surface area contributed by atoms with Crippen LogP contribution in [0, 0.1) is 0 Å². The van der Waals surface area contributed by atoms with E-state index in [9.17, 15) is 14.4 Å². The Bertz CT molecular complexity index is 1240. The molecule has 0 atom stereocenters. The number of nitrogens with zero attached hydrogens (tertiary/aromatic N) is 4. The minimum absolute atomic E-state index is 0.0363. The fraction of sp³-hybridized carbons (Fsp3) is 0.294. The molecule has 0 bridgehead atoms. The third kappa shape index (κ3) is 3.10. The fourth-order valence-corrected chi connectivity index (χ4v) is 4.46. The van der Waals surface area contributed by atoms with Crippen LogP contribution < -0.4 is 16.6 Å². The molecular weight excluding hydrogens is 386 g/mol. The van der Waals surface area contributed by atoms with Crippen LogP contribution in [0.15, 0.2) is 38.5 Å².